The van der Waals surface area contributed by atoms with Crippen molar-refractivity contribution in [2.45, 2.75) is 70.9 Å². The lowest BCUT2D eigenvalue weighted by atomic mass is 9.99. The highest BCUT2D eigenvalue weighted by Gasteiger charge is 2.35. The maximum absolute atomic E-state index is 13.2. The number of amides is 3. The number of esters is 1. The first kappa shape index (κ1) is 25.0. The van der Waals surface area contributed by atoms with E-state index in [1.165, 1.54) is 24.3 Å². The van der Waals surface area contributed by atoms with Gasteiger partial charge in [0.2, 0.25) is 18.1 Å². The van der Waals surface area contributed by atoms with Gasteiger partial charge >= 0.3 is 12.1 Å². The number of hydrogen-bond donors (Lipinski definition) is 1. The highest BCUT2D eigenvalue weighted by atomic mass is 16.7. The van der Waals surface area contributed by atoms with Crippen LogP contribution in [0.1, 0.15) is 50.7 Å². The number of ether oxygens (including phenoxy) is 2. The summed E-state index contributed by atoms with van der Waals surface area (Å²) >= 11 is 0. The van der Waals surface area contributed by atoms with Gasteiger partial charge in [-0.15, -0.1) is 0 Å². The van der Waals surface area contributed by atoms with Gasteiger partial charge in [-0.3, -0.25) is 14.4 Å². The molecule has 1 fully saturated rings. The molecule has 1 unspecified atom stereocenters. The number of carbonyl (C=O) groups is 4. The summed E-state index contributed by atoms with van der Waals surface area (Å²) in [6, 6.07) is 8.47. The lowest BCUT2D eigenvalue weighted by molar-refractivity contribution is -0.162. The molecule has 182 valence electrons. The molecule has 10 nitrogen and oxygen atoms in total. The molecule has 0 aliphatic carbocycles. The summed E-state index contributed by atoms with van der Waals surface area (Å²) < 4.78 is 9.78. The summed E-state index contributed by atoms with van der Waals surface area (Å²) in [5, 5.41) is 11.8. The highest BCUT2D eigenvalue weighted by molar-refractivity contribution is 5.87. The highest BCUT2D eigenvalue weighted by Crippen LogP contribution is 2.21. The molecule has 0 spiro atoms. The van der Waals surface area contributed by atoms with E-state index >= 15 is 0 Å². The Hall–Kier alpha value is -3.61. The van der Waals surface area contributed by atoms with Crippen molar-refractivity contribution < 1.29 is 28.7 Å². The zero-order valence-corrected chi connectivity index (χ0v) is 19.5. The van der Waals surface area contributed by atoms with Crippen molar-refractivity contribution in [3.05, 3.63) is 35.4 Å². The summed E-state index contributed by atoms with van der Waals surface area (Å²) in [6.45, 7) is 4.06. The number of alkyl carbamates (subject to hydrolysis) is 1. The van der Waals surface area contributed by atoms with Crippen molar-refractivity contribution in [1.29, 1.82) is 5.26 Å². The summed E-state index contributed by atoms with van der Waals surface area (Å²) in [4.78, 5) is 52.6. The van der Waals surface area contributed by atoms with Gasteiger partial charge in [0, 0.05) is 39.9 Å². The number of nitrogens with zero attached hydrogens (tertiary/aromatic N) is 3. The molecule has 0 bridgehead atoms. The summed E-state index contributed by atoms with van der Waals surface area (Å²) in [7, 11) is 0. The number of nitrogens with one attached hydrogen (secondary N) is 1. The Morgan fingerprint density at radius 2 is 1.91 bits per heavy atom. The van der Waals surface area contributed by atoms with E-state index in [-0.39, 0.29) is 18.7 Å². The molecule has 1 aromatic carbocycles. The van der Waals surface area contributed by atoms with Crippen molar-refractivity contribution in [3.63, 3.8) is 0 Å². The van der Waals surface area contributed by atoms with Gasteiger partial charge in [-0.05, 0) is 36.8 Å². The number of benzene rings is 1. The van der Waals surface area contributed by atoms with Crippen molar-refractivity contribution >= 4 is 23.9 Å². The molecule has 3 amide bonds. The summed E-state index contributed by atoms with van der Waals surface area (Å²) in [6.07, 6.45) is 0.0399. The van der Waals surface area contributed by atoms with Crippen LogP contribution in [0.4, 0.5) is 4.79 Å². The van der Waals surface area contributed by atoms with Crippen LogP contribution >= 0.6 is 0 Å². The van der Waals surface area contributed by atoms with Gasteiger partial charge in [-0.2, -0.15) is 5.26 Å². The molecule has 0 saturated carbocycles. The molecule has 3 atom stereocenters. The molecule has 0 aromatic heterocycles. The monoisotopic (exact) mass is 470 g/mol. The van der Waals surface area contributed by atoms with Crippen LogP contribution in [-0.2, 0) is 36.8 Å². The van der Waals surface area contributed by atoms with Crippen LogP contribution < -0.4 is 5.32 Å². The van der Waals surface area contributed by atoms with E-state index < -0.39 is 36.3 Å². The first-order valence-corrected chi connectivity index (χ1v) is 11.5. The second-order valence-corrected chi connectivity index (χ2v) is 8.47. The molecule has 2 aliphatic rings. The van der Waals surface area contributed by atoms with E-state index in [4.69, 9.17) is 9.47 Å². The zero-order chi connectivity index (χ0) is 24.7. The molecule has 1 N–H and O–H groups in total. The Bertz CT molecular complexity index is 974. The molecule has 2 aliphatic heterocycles. The lowest BCUT2D eigenvalue weighted by Gasteiger charge is -2.30. The zero-order valence-electron chi connectivity index (χ0n) is 19.5. The molecule has 1 aromatic rings. The van der Waals surface area contributed by atoms with Crippen LogP contribution in [0, 0.1) is 11.3 Å². The predicted octanol–water partition coefficient (Wildman–Crippen LogP) is 1.87. The van der Waals surface area contributed by atoms with Crippen LogP contribution in [0.2, 0.25) is 0 Å². The second-order valence-electron chi connectivity index (χ2n) is 8.47. The number of hydrogen-bond acceptors (Lipinski definition) is 7. The third-order valence-electron chi connectivity index (χ3n) is 6.01. The Balaban J connectivity index is 1.64. The first-order valence-electron chi connectivity index (χ1n) is 11.5. The van der Waals surface area contributed by atoms with E-state index in [1.54, 1.807) is 4.90 Å². The normalized spacial score (nSPS) is 18.8. The SMILES string of the molecule is CC(=O)OC(C)OC(=O)N[C@@H](CCC(=O)N1CCc2ccccc2C1)C(=O)N1CCC[C@H]1C#N. The fourth-order valence-electron chi connectivity index (χ4n) is 4.34. The summed E-state index contributed by atoms with van der Waals surface area (Å²) in [5.74, 6) is -1.16. The van der Waals surface area contributed by atoms with Gasteiger partial charge < -0.3 is 24.6 Å². The van der Waals surface area contributed by atoms with E-state index in [2.05, 4.69) is 17.5 Å². The maximum atomic E-state index is 13.2. The second kappa shape index (κ2) is 11.5. The molecular formula is C24H30N4O6. The Morgan fingerprint density at radius 3 is 2.62 bits per heavy atom. The molecule has 2 heterocycles. The summed E-state index contributed by atoms with van der Waals surface area (Å²) in [5.41, 5.74) is 2.33. The van der Waals surface area contributed by atoms with Crippen molar-refractivity contribution in [2.24, 2.45) is 0 Å². The van der Waals surface area contributed by atoms with E-state index in [0.717, 1.165) is 12.0 Å². The number of fused-ring (bicyclic) bond motifs is 1. The van der Waals surface area contributed by atoms with Gasteiger partial charge in [-0.1, -0.05) is 24.3 Å². The minimum atomic E-state index is -1.14. The molecule has 0 radical (unpaired) electrons. The van der Waals surface area contributed by atoms with Gasteiger partial charge in [-0.25, -0.2) is 4.79 Å². The topological polar surface area (TPSA) is 129 Å². The minimum absolute atomic E-state index is 0.0451. The van der Waals surface area contributed by atoms with Crippen LogP contribution in [0.5, 0.6) is 0 Å². The van der Waals surface area contributed by atoms with Gasteiger partial charge in [0.15, 0.2) is 0 Å². The average molecular weight is 471 g/mol. The molecular weight excluding hydrogens is 440 g/mol. The van der Waals surface area contributed by atoms with Gasteiger partial charge in [0.05, 0.1) is 6.07 Å². The third-order valence-corrected chi connectivity index (χ3v) is 6.01. The first-order chi connectivity index (χ1) is 16.3. The minimum Gasteiger partial charge on any atom is -0.426 e. The maximum Gasteiger partial charge on any atom is 0.410 e. The van der Waals surface area contributed by atoms with Gasteiger partial charge in [0.1, 0.15) is 12.1 Å². The third kappa shape index (κ3) is 6.47. The number of nitriles is 1. The number of rotatable bonds is 7. The van der Waals surface area contributed by atoms with Gasteiger partial charge in [0.25, 0.3) is 0 Å². The van der Waals surface area contributed by atoms with E-state index in [1.807, 2.05) is 18.2 Å². The van der Waals surface area contributed by atoms with Crippen LogP contribution in [0.3, 0.4) is 0 Å². The van der Waals surface area contributed by atoms with Crippen LogP contribution in [-0.4, -0.2) is 65.1 Å². The Morgan fingerprint density at radius 1 is 1.18 bits per heavy atom. The molecule has 3 rings (SSSR count). The van der Waals surface area contributed by atoms with Crippen molar-refractivity contribution in [2.75, 3.05) is 13.1 Å². The largest absolute Gasteiger partial charge is 0.426 e. The standard InChI is InChI=1S/C24H30N4O6/c1-16(29)33-17(2)34-24(32)26-21(23(31)28-12-5-8-20(28)14-25)9-10-22(30)27-13-11-18-6-3-4-7-19(18)15-27/h3-4,6-7,17,20-21H,5,8-13,15H2,1-2H3,(H,26,32)/t17?,20-,21-/m0/s1. The van der Waals surface area contributed by atoms with Crippen molar-refractivity contribution in [3.8, 4) is 6.07 Å². The van der Waals surface area contributed by atoms with E-state index in [9.17, 15) is 24.4 Å². The quantitative estimate of drug-likeness (QED) is 0.476. The smallest absolute Gasteiger partial charge is 0.410 e. The Labute approximate surface area is 198 Å². The molecule has 10 heteroatoms. The predicted molar refractivity (Wildman–Crippen MR) is 120 cm³/mol. The molecule has 34 heavy (non-hydrogen) atoms. The fourth-order valence-corrected chi connectivity index (χ4v) is 4.34. The van der Waals surface area contributed by atoms with Crippen LogP contribution in [0.15, 0.2) is 24.3 Å². The van der Waals surface area contributed by atoms with Crippen LogP contribution in [0.25, 0.3) is 0 Å². The lowest BCUT2D eigenvalue weighted by Crippen LogP contribution is -2.51. The van der Waals surface area contributed by atoms with Crippen molar-refractivity contribution in [1.82, 2.24) is 15.1 Å². The average Bonchev–Trinajstić information content (AvgIpc) is 3.29. The number of carbonyl (C=O) groups excluding carboxylic acids is 4. The van der Waals surface area contributed by atoms with E-state index in [0.29, 0.717) is 32.5 Å². The fraction of sp³-hybridized carbons (Fsp3) is 0.542. The molecule has 1 saturated heterocycles. The Kier molecular flexibility index (Phi) is 8.46. The number of likely N-dealkylation sites (tertiary alicyclic amines) is 1.